The van der Waals surface area contributed by atoms with Crippen molar-refractivity contribution in [1.29, 1.82) is 0 Å². The van der Waals surface area contributed by atoms with Gasteiger partial charge >= 0.3 is 0 Å². The number of aryl methyl sites for hydroxylation is 1. The van der Waals surface area contributed by atoms with Crippen molar-refractivity contribution < 1.29 is 8.81 Å². The minimum absolute atomic E-state index is 0.0880. The lowest BCUT2D eigenvalue weighted by molar-refractivity contribution is 0.340. The molecule has 8 heteroatoms. The van der Waals surface area contributed by atoms with Crippen LogP contribution in [-0.2, 0) is 0 Å². The predicted octanol–water partition coefficient (Wildman–Crippen LogP) is 3.77. The summed E-state index contributed by atoms with van der Waals surface area (Å²) >= 11 is 6.86. The summed E-state index contributed by atoms with van der Waals surface area (Å²) in [7, 11) is 0. The molecule has 29 heavy (non-hydrogen) atoms. The third-order valence-corrected chi connectivity index (χ3v) is 6.99. The smallest absolute Gasteiger partial charge is 0.281 e. The monoisotopic (exact) mass is 416 g/mol. The van der Waals surface area contributed by atoms with Crippen LogP contribution >= 0.6 is 11.6 Å². The van der Waals surface area contributed by atoms with Crippen LogP contribution in [-0.4, -0.2) is 35.2 Å². The highest BCUT2D eigenvalue weighted by atomic mass is 35.5. The molecule has 3 fully saturated rings. The Balaban J connectivity index is 1.61. The van der Waals surface area contributed by atoms with E-state index in [1.807, 2.05) is 4.90 Å². The second kappa shape index (κ2) is 6.19. The molecule has 1 aromatic carbocycles. The lowest BCUT2D eigenvalue weighted by Gasteiger charge is -2.24. The summed E-state index contributed by atoms with van der Waals surface area (Å²) in [5.41, 5.74) is 1.34. The van der Waals surface area contributed by atoms with Crippen molar-refractivity contribution in [2.75, 3.05) is 24.5 Å². The van der Waals surface area contributed by atoms with Gasteiger partial charge in [-0.3, -0.25) is 4.79 Å². The largest absolute Gasteiger partial charge is 0.440 e. The number of hydrogen-bond acceptors (Lipinski definition) is 5. The molecule has 6 rings (SSSR count). The molecule has 3 aliphatic rings. The fourth-order valence-electron chi connectivity index (χ4n) is 5.18. The second-order valence-corrected chi connectivity index (χ2v) is 8.98. The average Bonchev–Trinajstić information content (AvgIpc) is 3.30. The molecule has 1 saturated carbocycles. The van der Waals surface area contributed by atoms with Gasteiger partial charge in [0.15, 0.2) is 17.0 Å². The predicted molar refractivity (Wildman–Crippen MR) is 110 cm³/mol. The van der Waals surface area contributed by atoms with E-state index in [2.05, 4.69) is 10.3 Å². The van der Waals surface area contributed by atoms with Crippen molar-refractivity contribution in [2.24, 2.45) is 5.92 Å². The molecular weight excluding hydrogens is 395 g/mol. The molecule has 6 nitrogen and oxygen atoms in total. The van der Waals surface area contributed by atoms with Gasteiger partial charge in [0.05, 0.1) is 16.2 Å². The maximum atomic E-state index is 15.4. The molecule has 2 saturated heterocycles. The van der Waals surface area contributed by atoms with Crippen molar-refractivity contribution in [3.05, 3.63) is 33.2 Å². The van der Waals surface area contributed by atoms with Crippen LogP contribution in [0, 0.1) is 18.7 Å². The molecule has 2 atom stereocenters. The minimum atomic E-state index is -0.377. The van der Waals surface area contributed by atoms with Gasteiger partial charge in [-0.05, 0) is 44.2 Å². The van der Waals surface area contributed by atoms with Crippen LogP contribution in [0.4, 0.5) is 10.1 Å². The molecule has 1 aliphatic carbocycles. The van der Waals surface area contributed by atoms with E-state index in [1.165, 1.54) is 6.07 Å². The molecule has 0 amide bonds. The number of nitrogens with one attached hydrogen (secondary N) is 1. The fraction of sp³-hybridized carbons (Fsp3) is 0.524. The van der Waals surface area contributed by atoms with E-state index in [0.29, 0.717) is 45.0 Å². The molecule has 3 aromatic rings. The maximum absolute atomic E-state index is 15.4. The van der Waals surface area contributed by atoms with E-state index < -0.39 is 0 Å². The van der Waals surface area contributed by atoms with Gasteiger partial charge in [0.25, 0.3) is 5.56 Å². The SMILES string of the molecule is Cc1nc2c(=O)n(C3CC3)c3c(Cl)c(N4CC5CCCNC5C4)c(F)cc3c2o1. The summed E-state index contributed by atoms with van der Waals surface area (Å²) in [5.74, 6) is 0.514. The first kappa shape index (κ1) is 17.7. The zero-order chi connectivity index (χ0) is 19.9. The normalized spacial score (nSPS) is 24.6. The third kappa shape index (κ3) is 2.56. The highest BCUT2D eigenvalue weighted by Gasteiger charge is 2.38. The van der Waals surface area contributed by atoms with E-state index in [9.17, 15) is 4.79 Å². The number of fused-ring (bicyclic) bond motifs is 4. The molecule has 0 spiro atoms. The van der Waals surface area contributed by atoms with Crippen LogP contribution in [0.2, 0.25) is 5.02 Å². The molecule has 4 heterocycles. The van der Waals surface area contributed by atoms with Gasteiger partial charge in [-0.25, -0.2) is 9.37 Å². The zero-order valence-corrected chi connectivity index (χ0v) is 16.9. The van der Waals surface area contributed by atoms with E-state index >= 15 is 4.39 Å². The van der Waals surface area contributed by atoms with Crippen molar-refractivity contribution in [1.82, 2.24) is 14.9 Å². The summed E-state index contributed by atoms with van der Waals surface area (Å²) in [6.45, 7) is 4.20. The minimum Gasteiger partial charge on any atom is -0.440 e. The number of aromatic nitrogens is 2. The number of benzene rings is 1. The van der Waals surface area contributed by atoms with Crippen LogP contribution in [0.25, 0.3) is 22.0 Å². The molecule has 2 aliphatic heterocycles. The lowest BCUT2D eigenvalue weighted by atomic mass is 9.94. The van der Waals surface area contributed by atoms with Crippen molar-refractivity contribution in [2.45, 2.75) is 44.7 Å². The molecule has 0 bridgehead atoms. The molecular formula is C21H22ClFN4O2. The van der Waals surface area contributed by atoms with Crippen LogP contribution in [0.3, 0.4) is 0 Å². The lowest BCUT2D eigenvalue weighted by Crippen LogP contribution is -2.40. The molecule has 152 valence electrons. The number of anilines is 1. The van der Waals surface area contributed by atoms with E-state index in [4.69, 9.17) is 16.0 Å². The molecule has 1 N–H and O–H groups in total. The summed E-state index contributed by atoms with van der Waals surface area (Å²) in [4.78, 5) is 19.5. The first-order valence-corrected chi connectivity index (χ1v) is 10.7. The van der Waals surface area contributed by atoms with Gasteiger partial charge in [-0.2, -0.15) is 0 Å². The van der Waals surface area contributed by atoms with E-state index in [1.54, 1.807) is 11.5 Å². The van der Waals surface area contributed by atoms with Gasteiger partial charge in [0.1, 0.15) is 5.82 Å². The van der Waals surface area contributed by atoms with Gasteiger partial charge in [0, 0.05) is 37.5 Å². The van der Waals surface area contributed by atoms with Gasteiger partial charge in [-0.1, -0.05) is 11.6 Å². The van der Waals surface area contributed by atoms with Crippen LogP contribution in [0.15, 0.2) is 15.3 Å². The Bertz CT molecular complexity index is 1200. The highest BCUT2D eigenvalue weighted by molar-refractivity contribution is 6.38. The number of hydrogen-bond donors (Lipinski definition) is 1. The number of rotatable bonds is 2. The van der Waals surface area contributed by atoms with E-state index in [0.717, 1.165) is 45.3 Å². The number of nitrogens with zero attached hydrogens (tertiary/aromatic N) is 3. The summed E-state index contributed by atoms with van der Waals surface area (Å²) in [5, 5.41) is 4.37. The molecule has 0 radical (unpaired) electrons. The van der Waals surface area contributed by atoms with E-state index in [-0.39, 0.29) is 22.9 Å². The molecule has 2 aromatic heterocycles. The highest BCUT2D eigenvalue weighted by Crippen LogP contribution is 2.44. The van der Waals surface area contributed by atoms with Crippen LogP contribution < -0.4 is 15.8 Å². The Morgan fingerprint density at radius 3 is 2.90 bits per heavy atom. The van der Waals surface area contributed by atoms with Gasteiger partial charge in [-0.15, -0.1) is 0 Å². The Hall–Kier alpha value is -2.12. The van der Waals surface area contributed by atoms with Crippen molar-refractivity contribution in [3.8, 4) is 0 Å². The number of halogens is 2. The third-order valence-electron chi connectivity index (χ3n) is 6.64. The Labute approximate surface area is 171 Å². The first-order chi connectivity index (χ1) is 14.0. The maximum Gasteiger partial charge on any atom is 0.281 e. The molecule has 2 unspecified atom stereocenters. The average molecular weight is 417 g/mol. The number of pyridine rings is 1. The zero-order valence-electron chi connectivity index (χ0n) is 16.2. The number of oxazole rings is 1. The summed E-state index contributed by atoms with van der Waals surface area (Å²) in [6, 6.07) is 1.92. The van der Waals surface area contributed by atoms with Crippen LogP contribution in [0.1, 0.15) is 37.6 Å². The van der Waals surface area contributed by atoms with Crippen molar-refractivity contribution in [3.63, 3.8) is 0 Å². The fourth-order valence-corrected chi connectivity index (χ4v) is 5.58. The standard InChI is InChI=1S/C21H22ClFN4O2/c1-10-25-17-20(29-10)13-7-14(23)19(26-8-11-3-2-6-24-15(11)9-26)16(22)18(13)27(21(17)28)12-4-5-12/h7,11-12,15,24H,2-6,8-9H2,1H3. The number of piperidine rings is 1. The van der Waals surface area contributed by atoms with Crippen molar-refractivity contribution >= 4 is 39.3 Å². The second-order valence-electron chi connectivity index (χ2n) is 8.60. The topological polar surface area (TPSA) is 63.3 Å². The van der Waals surface area contributed by atoms with Gasteiger partial charge < -0.3 is 19.2 Å². The first-order valence-electron chi connectivity index (χ1n) is 10.3. The summed E-state index contributed by atoms with van der Waals surface area (Å²) in [6.07, 6.45) is 4.12. The Morgan fingerprint density at radius 1 is 1.31 bits per heavy atom. The Morgan fingerprint density at radius 2 is 2.14 bits per heavy atom. The Kier molecular flexibility index (Phi) is 3.78. The summed E-state index contributed by atoms with van der Waals surface area (Å²) < 4.78 is 22.8. The van der Waals surface area contributed by atoms with Crippen LogP contribution in [0.5, 0.6) is 0 Å². The quantitative estimate of drug-likeness (QED) is 0.689. The van der Waals surface area contributed by atoms with Gasteiger partial charge in [0.2, 0.25) is 0 Å².